The first-order valence-corrected chi connectivity index (χ1v) is 9.44. The Labute approximate surface area is 176 Å². The molecule has 0 aliphatic heterocycles. The molecule has 4 N–H and O–H groups in total. The van der Waals surface area contributed by atoms with Crippen molar-refractivity contribution in [2.75, 3.05) is 11.9 Å². The average molecular weight is 461 g/mol. The summed E-state index contributed by atoms with van der Waals surface area (Å²) in [6.07, 6.45) is -0.0117. The Morgan fingerprint density at radius 2 is 1.79 bits per heavy atom. The lowest BCUT2D eigenvalue weighted by atomic mass is 10.2. The number of carbonyl (C=O) groups excluding carboxylic acids is 3. The number of amides is 3. The number of nitrogens with zero attached hydrogens (tertiary/aromatic N) is 1. The van der Waals surface area contributed by atoms with Gasteiger partial charge in [0, 0.05) is 17.0 Å². The van der Waals surface area contributed by atoms with E-state index in [1.807, 2.05) is 19.1 Å². The van der Waals surface area contributed by atoms with Crippen molar-refractivity contribution in [2.24, 2.45) is 10.8 Å². The molecule has 3 amide bonds. The van der Waals surface area contributed by atoms with Gasteiger partial charge in [-0.1, -0.05) is 6.07 Å². The predicted molar refractivity (Wildman–Crippen MR) is 114 cm³/mol. The maximum absolute atomic E-state index is 12.0. The molecular weight excluding hydrogens is 440 g/mol. The Morgan fingerprint density at radius 1 is 1.10 bits per heavy atom. The van der Waals surface area contributed by atoms with Crippen molar-refractivity contribution >= 4 is 45.1 Å². The Hall–Kier alpha value is -3.20. The van der Waals surface area contributed by atoms with Crippen LogP contribution in [0.4, 0.5) is 5.69 Å². The summed E-state index contributed by atoms with van der Waals surface area (Å²) in [5.41, 5.74) is 9.87. The van der Waals surface area contributed by atoms with E-state index in [9.17, 15) is 14.4 Å². The van der Waals surface area contributed by atoms with E-state index in [-0.39, 0.29) is 18.9 Å². The molecule has 0 aromatic heterocycles. The first-order valence-electron chi connectivity index (χ1n) is 8.65. The van der Waals surface area contributed by atoms with E-state index >= 15 is 0 Å². The number of benzene rings is 2. The van der Waals surface area contributed by atoms with Crippen molar-refractivity contribution in [3.05, 3.63) is 58.1 Å². The fourth-order valence-corrected chi connectivity index (χ4v) is 2.86. The standard InChI is InChI=1S/C20H21BrN4O4/c1-12-3-8-17(16(21)9-12)29-11-19(27)25-24-13(2)10-18(26)23-15-6-4-14(5-7-15)20(22)28/h3-9H,10-11H2,1-2H3,(H2,22,28)(H,23,26)(H,25,27)/b24-13+. The Balaban J connectivity index is 1.78. The minimum atomic E-state index is -0.541. The largest absolute Gasteiger partial charge is 0.483 e. The van der Waals surface area contributed by atoms with Crippen LogP contribution in [0.25, 0.3) is 0 Å². The molecule has 152 valence electrons. The lowest BCUT2D eigenvalue weighted by molar-refractivity contribution is -0.123. The zero-order valence-electron chi connectivity index (χ0n) is 16.0. The highest BCUT2D eigenvalue weighted by Crippen LogP contribution is 2.25. The number of carbonyl (C=O) groups is 3. The number of ether oxygens (including phenoxy) is 1. The van der Waals surface area contributed by atoms with Gasteiger partial charge in [-0.2, -0.15) is 5.10 Å². The highest BCUT2D eigenvalue weighted by molar-refractivity contribution is 9.10. The monoisotopic (exact) mass is 460 g/mol. The average Bonchev–Trinajstić information content (AvgIpc) is 2.66. The summed E-state index contributed by atoms with van der Waals surface area (Å²) >= 11 is 3.37. The number of hydrogen-bond acceptors (Lipinski definition) is 5. The Morgan fingerprint density at radius 3 is 2.41 bits per heavy atom. The third-order valence-electron chi connectivity index (χ3n) is 3.69. The molecule has 0 heterocycles. The van der Waals surface area contributed by atoms with Gasteiger partial charge >= 0.3 is 0 Å². The summed E-state index contributed by atoms with van der Waals surface area (Å²) in [6.45, 7) is 3.36. The Bertz CT molecular complexity index is 942. The molecule has 2 aromatic rings. The zero-order chi connectivity index (χ0) is 21.4. The van der Waals surface area contributed by atoms with Gasteiger partial charge in [-0.05, 0) is 71.7 Å². The molecule has 2 aromatic carbocycles. The highest BCUT2D eigenvalue weighted by Gasteiger charge is 2.08. The van der Waals surface area contributed by atoms with Gasteiger partial charge in [-0.15, -0.1) is 0 Å². The number of halogens is 1. The van der Waals surface area contributed by atoms with E-state index in [1.165, 1.54) is 12.1 Å². The molecule has 0 unspecified atom stereocenters. The van der Waals surface area contributed by atoms with Crippen LogP contribution in [0.15, 0.2) is 52.0 Å². The number of hydrazone groups is 1. The number of primary amides is 1. The molecule has 0 saturated heterocycles. The SMILES string of the molecule is C/C(CC(=O)Nc1ccc(C(N)=O)cc1)=N\NC(=O)COc1ccc(C)cc1Br. The summed E-state index contributed by atoms with van der Waals surface area (Å²) in [5, 5.41) is 6.56. The maximum Gasteiger partial charge on any atom is 0.277 e. The summed E-state index contributed by atoms with van der Waals surface area (Å²) in [7, 11) is 0. The number of aryl methyl sites for hydroxylation is 1. The van der Waals surface area contributed by atoms with Crippen molar-refractivity contribution in [3.63, 3.8) is 0 Å². The van der Waals surface area contributed by atoms with Gasteiger partial charge < -0.3 is 15.8 Å². The lowest BCUT2D eigenvalue weighted by Crippen LogP contribution is -2.26. The van der Waals surface area contributed by atoms with Crippen LogP contribution in [0.3, 0.4) is 0 Å². The number of nitrogens with two attached hydrogens (primary N) is 1. The van der Waals surface area contributed by atoms with Crippen LogP contribution in [0, 0.1) is 6.92 Å². The van der Waals surface area contributed by atoms with Crippen molar-refractivity contribution in [1.82, 2.24) is 5.43 Å². The fourth-order valence-electron chi connectivity index (χ4n) is 2.25. The minimum Gasteiger partial charge on any atom is -0.483 e. The molecule has 8 nitrogen and oxygen atoms in total. The summed E-state index contributed by atoms with van der Waals surface area (Å²) in [5.74, 6) is -0.750. The minimum absolute atomic E-state index is 0.0117. The van der Waals surface area contributed by atoms with Crippen molar-refractivity contribution in [2.45, 2.75) is 20.3 Å². The van der Waals surface area contributed by atoms with E-state index < -0.39 is 11.8 Å². The van der Waals surface area contributed by atoms with Crippen LogP contribution >= 0.6 is 15.9 Å². The zero-order valence-corrected chi connectivity index (χ0v) is 17.6. The van der Waals surface area contributed by atoms with Crippen LogP contribution in [0.1, 0.15) is 29.3 Å². The lowest BCUT2D eigenvalue weighted by Gasteiger charge is -2.08. The molecule has 9 heteroatoms. The van der Waals surface area contributed by atoms with Gasteiger partial charge in [0.05, 0.1) is 10.9 Å². The Kier molecular flexibility index (Phi) is 7.90. The third-order valence-corrected chi connectivity index (χ3v) is 4.31. The van der Waals surface area contributed by atoms with Crippen molar-refractivity contribution in [1.29, 1.82) is 0 Å². The number of hydrogen-bond donors (Lipinski definition) is 3. The highest BCUT2D eigenvalue weighted by atomic mass is 79.9. The van der Waals surface area contributed by atoms with Crippen LogP contribution in [-0.4, -0.2) is 30.0 Å². The van der Waals surface area contributed by atoms with Gasteiger partial charge in [0.15, 0.2) is 6.61 Å². The fraction of sp³-hybridized carbons (Fsp3) is 0.200. The second-order valence-electron chi connectivity index (χ2n) is 6.27. The number of anilines is 1. The van der Waals surface area contributed by atoms with Crippen LogP contribution in [0.2, 0.25) is 0 Å². The van der Waals surface area contributed by atoms with Crippen LogP contribution in [0.5, 0.6) is 5.75 Å². The molecule has 0 spiro atoms. The second kappa shape index (κ2) is 10.4. The van der Waals surface area contributed by atoms with E-state index in [0.29, 0.717) is 22.7 Å². The molecule has 0 radical (unpaired) electrons. The van der Waals surface area contributed by atoms with Gasteiger partial charge in [0.2, 0.25) is 11.8 Å². The molecule has 0 atom stereocenters. The normalized spacial score (nSPS) is 10.9. The van der Waals surface area contributed by atoms with Gasteiger partial charge in [0.25, 0.3) is 5.91 Å². The topological polar surface area (TPSA) is 123 Å². The molecule has 0 saturated carbocycles. The second-order valence-corrected chi connectivity index (χ2v) is 7.13. The van der Waals surface area contributed by atoms with Crippen molar-refractivity contribution in [3.8, 4) is 5.75 Å². The summed E-state index contributed by atoms with van der Waals surface area (Å²) in [4.78, 5) is 34.9. The van der Waals surface area contributed by atoms with E-state index in [2.05, 4.69) is 31.8 Å². The summed E-state index contributed by atoms with van der Waals surface area (Å²) in [6, 6.07) is 11.7. The van der Waals surface area contributed by atoms with Crippen LogP contribution < -0.4 is 21.2 Å². The maximum atomic E-state index is 12.0. The molecule has 0 aliphatic rings. The number of nitrogens with one attached hydrogen (secondary N) is 2. The van der Waals surface area contributed by atoms with Gasteiger partial charge in [0.1, 0.15) is 5.75 Å². The molecule has 29 heavy (non-hydrogen) atoms. The predicted octanol–water partition coefficient (Wildman–Crippen LogP) is 2.76. The van der Waals surface area contributed by atoms with E-state index in [0.717, 1.165) is 10.0 Å². The van der Waals surface area contributed by atoms with Crippen molar-refractivity contribution < 1.29 is 19.1 Å². The first kappa shape index (κ1) is 22.1. The molecule has 0 fully saturated rings. The van der Waals surface area contributed by atoms with Crippen LogP contribution in [-0.2, 0) is 9.59 Å². The number of rotatable bonds is 8. The molecular formula is C20H21BrN4O4. The smallest absolute Gasteiger partial charge is 0.277 e. The van der Waals surface area contributed by atoms with E-state index in [4.69, 9.17) is 10.5 Å². The summed E-state index contributed by atoms with van der Waals surface area (Å²) < 4.78 is 6.19. The first-order chi connectivity index (χ1) is 13.7. The molecule has 2 rings (SSSR count). The molecule has 0 aliphatic carbocycles. The molecule has 0 bridgehead atoms. The third kappa shape index (κ3) is 7.38. The quantitative estimate of drug-likeness (QED) is 0.413. The van der Waals surface area contributed by atoms with Gasteiger partial charge in [-0.25, -0.2) is 5.43 Å². The van der Waals surface area contributed by atoms with E-state index in [1.54, 1.807) is 25.1 Å². The van der Waals surface area contributed by atoms with Gasteiger partial charge in [-0.3, -0.25) is 14.4 Å².